The topological polar surface area (TPSA) is 70.2 Å². The number of nitrogens with zero attached hydrogens (tertiary/aromatic N) is 3. The molecule has 2 aliphatic heterocycles. The van der Waals surface area contributed by atoms with Gasteiger partial charge in [-0.05, 0) is 31.5 Å². The summed E-state index contributed by atoms with van der Waals surface area (Å²) in [6, 6.07) is 5.05. The van der Waals surface area contributed by atoms with Crippen molar-refractivity contribution in [3.8, 4) is 0 Å². The monoisotopic (exact) mass is 455 g/mol. The van der Waals surface area contributed by atoms with E-state index in [4.69, 9.17) is 27.9 Å². The Hall–Kier alpha value is -1.67. The van der Waals surface area contributed by atoms with Crippen LogP contribution in [0.5, 0.6) is 0 Å². The van der Waals surface area contributed by atoms with E-state index in [1.165, 1.54) is 4.90 Å². The van der Waals surface area contributed by atoms with Gasteiger partial charge in [-0.1, -0.05) is 29.3 Å². The Labute approximate surface area is 186 Å². The van der Waals surface area contributed by atoms with Crippen molar-refractivity contribution in [1.82, 2.24) is 14.7 Å². The lowest BCUT2D eigenvalue weighted by Gasteiger charge is -2.30. The number of likely N-dealkylation sites (tertiary alicyclic amines) is 1. The third-order valence-corrected chi connectivity index (χ3v) is 6.29. The maximum atomic E-state index is 13.2. The first-order valence-corrected chi connectivity index (χ1v) is 10.9. The lowest BCUT2D eigenvalue weighted by Crippen LogP contribution is -2.43. The largest absolute Gasteiger partial charge is 0.379 e. The number of amides is 2. The SMILES string of the molecule is CC(C)N(Cc1ccc(Cl)c(Cl)c1)C(=O)C1CN(CCN2CCOCC2)C(=O)C1=O. The van der Waals surface area contributed by atoms with Crippen LogP contribution in [0.15, 0.2) is 18.2 Å². The summed E-state index contributed by atoms with van der Waals surface area (Å²) < 4.78 is 5.33. The molecule has 2 fully saturated rings. The first-order chi connectivity index (χ1) is 14.3. The molecule has 7 nitrogen and oxygen atoms in total. The Morgan fingerprint density at radius 2 is 1.87 bits per heavy atom. The van der Waals surface area contributed by atoms with Crippen LogP contribution in [-0.2, 0) is 25.7 Å². The molecule has 0 radical (unpaired) electrons. The van der Waals surface area contributed by atoms with Crippen molar-refractivity contribution in [3.05, 3.63) is 33.8 Å². The molecule has 0 bridgehead atoms. The van der Waals surface area contributed by atoms with Crippen molar-refractivity contribution in [2.75, 3.05) is 45.9 Å². The quantitative estimate of drug-likeness (QED) is 0.464. The highest BCUT2D eigenvalue weighted by molar-refractivity contribution is 6.42. The summed E-state index contributed by atoms with van der Waals surface area (Å²) in [5.74, 6) is -2.49. The molecule has 1 atom stereocenters. The lowest BCUT2D eigenvalue weighted by molar-refractivity contribution is -0.146. The van der Waals surface area contributed by atoms with E-state index in [1.54, 1.807) is 23.1 Å². The Morgan fingerprint density at radius 3 is 2.50 bits per heavy atom. The van der Waals surface area contributed by atoms with Crippen molar-refractivity contribution < 1.29 is 19.1 Å². The summed E-state index contributed by atoms with van der Waals surface area (Å²) in [6.45, 7) is 8.25. The lowest BCUT2D eigenvalue weighted by atomic mass is 10.0. The van der Waals surface area contributed by atoms with Gasteiger partial charge in [0.15, 0.2) is 0 Å². The minimum Gasteiger partial charge on any atom is -0.379 e. The average Bonchev–Trinajstić information content (AvgIpc) is 3.01. The van der Waals surface area contributed by atoms with Crippen LogP contribution in [0.3, 0.4) is 0 Å². The number of ether oxygens (including phenoxy) is 1. The first-order valence-electron chi connectivity index (χ1n) is 10.2. The van der Waals surface area contributed by atoms with E-state index in [0.717, 1.165) is 18.7 Å². The summed E-state index contributed by atoms with van der Waals surface area (Å²) in [5, 5.41) is 0.849. The minimum atomic E-state index is -0.965. The molecule has 9 heteroatoms. The molecular formula is C21H27Cl2N3O4. The molecule has 1 unspecified atom stereocenters. The van der Waals surface area contributed by atoms with Crippen molar-refractivity contribution in [2.24, 2.45) is 5.92 Å². The molecular weight excluding hydrogens is 429 g/mol. The fraction of sp³-hybridized carbons (Fsp3) is 0.571. The first kappa shape index (κ1) is 23.0. The van der Waals surface area contributed by atoms with Gasteiger partial charge in [0.2, 0.25) is 11.7 Å². The smallest absolute Gasteiger partial charge is 0.290 e. The Kier molecular flexibility index (Phi) is 7.74. The second kappa shape index (κ2) is 10.1. The van der Waals surface area contributed by atoms with Gasteiger partial charge in [0.05, 0.1) is 23.3 Å². The molecule has 1 aromatic carbocycles. The second-order valence-electron chi connectivity index (χ2n) is 7.93. The van der Waals surface area contributed by atoms with Crippen LogP contribution in [0, 0.1) is 5.92 Å². The molecule has 0 spiro atoms. The van der Waals surface area contributed by atoms with Gasteiger partial charge in [-0.15, -0.1) is 0 Å². The number of rotatable bonds is 7. The highest BCUT2D eigenvalue weighted by Crippen LogP contribution is 2.25. The Balaban J connectivity index is 1.65. The van der Waals surface area contributed by atoms with Crippen LogP contribution in [-0.4, -0.2) is 84.3 Å². The predicted octanol–water partition coefficient (Wildman–Crippen LogP) is 2.09. The summed E-state index contributed by atoms with van der Waals surface area (Å²) in [6.07, 6.45) is 0. The molecule has 0 N–H and O–H groups in total. The molecule has 0 saturated carbocycles. The molecule has 2 amide bonds. The summed E-state index contributed by atoms with van der Waals surface area (Å²) >= 11 is 12.1. The number of morpholine rings is 1. The van der Waals surface area contributed by atoms with Gasteiger partial charge in [0.25, 0.3) is 5.91 Å². The van der Waals surface area contributed by atoms with Crippen LogP contribution in [0.4, 0.5) is 0 Å². The standard InChI is InChI=1S/C21H27Cl2N3O4/c1-14(2)26(12-15-3-4-17(22)18(23)11-15)20(28)16-13-25(21(29)19(16)27)6-5-24-7-9-30-10-8-24/h3-4,11,14,16H,5-10,12-13H2,1-2H3. The number of benzene rings is 1. The van der Waals surface area contributed by atoms with Gasteiger partial charge in [-0.2, -0.15) is 0 Å². The predicted molar refractivity (Wildman–Crippen MR) is 114 cm³/mol. The van der Waals surface area contributed by atoms with Gasteiger partial charge in [-0.25, -0.2) is 0 Å². The number of carbonyl (C=O) groups excluding carboxylic acids is 3. The second-order valence-corrected chi connectivity index (χ2v) is 8.74. The summed E-state index contributed by atoms with van der Waals surface area (Å²) in [5.41, 5.74) is 0.812. The number of hydrogen-bond acceptors (Lipinski definition) is 5. The van der Waals surface area contributed by atoms with E-state index >= 15 is 0 Å². The fourth-order valence-electron chi connectivity index (χ4n) is 3.71. The molecule has 0 aromatic heterocycles. The van der Waals surface area contributed by atoms with E-state index in [2.05, 4.69) is 4.90 Å². The van der Waals surface area contributed by atoms with E-state index < -0.39 is 17.6 Å². The normalized spacial score (nSPS) is 20.3. The third kappa shape index (κ3) is 5.32. The molecule has 0 aliphatic carbocycles. The zero-order valence-corrected chi connectivity index (χ0v) is 18.8. The number of halogens is 2. The molecule has 1 aromatic rings. The van der Waals surface area contributed by atoms with Gasteiger partial charge < -0.3 is 14.5 Å². The van der Waals surface area contributed by atoms with Crippen LogP contribution in [0.1, 0.15) is 19.4 Å². The summed E-state index contributed by atoms with van der Waals surface area (Å²) in [4.78, 5) is 43.5. The molecule has 164 valence electrons. The number of Topliss-reactive ketones (excluding diaryl/α,β-unsaturated/α-hetero) is 1. The number of hydrogen-bond donors (Lipinski definition) is 0. The highest BCUT2D eigenvalue weighted by Gasteiger charge is 2.44. The van der Waals surface area contributed by atoms with Crippen molar-refractivity contribution in [1.29, 1.82) is 0 Å². The average molecular weight is 456 g/mol. The van der Waals surface area contributed by atoms with Crippen LogP contribution in [0.25, 0.3) is 0 Å². The van der Waals surface area contributed by atoms with Gasteiger partial charge in [0.1, 0.15) is 5.92 Å². The molecule has 2 aliphatic rings. The maximum Gasteiger partial charge on any atom is 0.290 e. The zero-order chi connectivity index (χ0) is 21.8. The Morgan fingerprint density at radius 1 is 1.17 bits per heavy atom. The van der Waals surface area contributed by atoms with Crippen molar-refractivity contribution in [3.63, 3.8) is 0 Å². The molecule has 2 saturated heterocycles. The van der Waals surface area contributed by atoms with Gasteiger partial charge in [0, 0.05) is 45.3 Å². The van der Waals surface area contributed by atoms with E-state index in [0.29, 0.717) is 42.9 Å². The van der Waals surface area contributed by atoms with Crippen LogP contribution in [0.2, 0.25) is 10.0 Å². The minimum absolute atomic E-state index is 0.130. The third-order valence-electron chi connectivity index (χ3n) is 5.55. The molecule has 2 heterocycles. The van der Waals surface area contributed by atoms with Crippen molar-refractivity contribution >= 4 is 40.8 Å². The molecule has 3 rings (SSSR count). The van der Waals surface area contributed by atoms with Crippen molar-refractivity contribution in [2.45, 2.75) is 26.4 Å². The van der Waals surface area contributed by atoms with Gasteiger partial charge >= 0.3 is 0 Å². The maximum absolute atomic E-state index is 13.2. The fourth-order valence-corrected chi connectivity index (χ4v) is 4.03. The number of ketones is 1. The Bertz CT molecular complexity index is 811. The van der Waals surface area contributed by atoms with E-state index in [9.17, 15) is 14.4 Å². The van der Waals surface area contributed by atoms with E-state index in [1.807, 2.05) is 13.8 Å². The number of carbonyl (C=O) groups is 3. The highest BCUT2D eigenvalue weighted by atomic mass is 35.5. The van der Waals surface area contributed by atoms with Gasteiger partial charge in [-0.3, -0.25) is 19.3 Å². The van der Waals surface area contributed by atoms with E-state index in [-0.39, 0.29) is 18.5 Å². The van der Waals surface area contributed by atoms with Crippen LogP contribution < -0.4 is 0 Å². The summed E-state index contributed by atoms with van der Waals surface area (Å²) in [7, 11) is 0. The molecule has 30 heavy (non-hydrogen) atoms. The van der Waals surface area contributed by atoms with Crippen LogP contribution >= 0.6 is 23.2 Å². The zero-order valence-electron chi connectivity index (χ0n) is 17.3.